The number of sulfonamides is 1. The maximum absolute atomic E-state index is 14.1. The third-order valence-electron chi connectivity index (χ3n) is 5.03. The lowest BCUT2D eigenvalue weighted by molar-refractivity contribution is -0.144. The van der Waals surface area contributed by atoms with Gasteiger partial charge >= 0.3 is 5.97 Å². The van der Waals surface area contributed by atoms with Crippen molar-refractivity contribution in [2.75, 3.05) is 13.4 Å². The van der Waals surface area contributed by atoms with Gasteiger partial charge in [-0.05, 0) is 42.3 Å². The third kappa shape index (κ3) is 5.41. The highest BCUT2D eigenvalue weighted by Crippen LogP contribution is 2.32. The van der Waals surface area contributed by atoms with Crippen LogP contribution in [0.2, 0.25) is 0 Å². The molecule has 1 heterocycles. The van der Waals surface area contributed by atoms with E-state index in [0.29, 0.717) is 17.1 Å². The van der Waals surface area contributed by atoms with Crippen LogP contribution in [0.25, 0.3) is 0 Å². The second-order valence-corrected chi connectivity index (χ2v) is 9.08. The lowest BCUT2D eigenvalue weighted by atomic mass is 10.1. The summed E-state index contributed by atoms with van der Waals surface area (Å²) in [5, 5.41) is 0. The summed E-state index contributed by atoms with van der Waals surface area (Å²) >= 11 is 0. The van der Waals surface area contributed by atoms with Crippen molar-refractivity contribution in [3.63, 3.8) is 0 Å². The van der Waals surface area contributed by atoms with Crippen molar-refractivity contribution in [1.29, 1.82) is 0 Å². The highest BCUT2D eigenvalue weighted by molar-refractivity contribution is 7.89. The lowest BCUT2D eigenvalue weighted by Gasteiger charge is -2.18. The zero-order valence-corrected chi connectivity index (χ0v) is 18.6. The van der Waals surface area contributed by atoms with Crippen LogP contribution in [0.4, 0.5) is 4.39 Å². The summed E-state index contributed by atoms with van der Waals surface area (Å²) in [5.41, 5.74) is 0.881. The van der Waals surface area contributed by atoms with Gasteiger partial charge in [0, 0.05) is 5.56 Å². The molecule has 0 spiro atoms. The van der Waals surface area contributed by atoms with Crippen molar-refractivity contribution in [2.24, 2.45) is 0 Å². The normalized spacial score (nSPS) is 13.3. The van der Waals surface area contributed by atoms with E-state index in [2.05, 4.69) is 4.72 Å². The summed E-state index contributed by atoms with van der Waals surface area (Å²) < 4.78 is 57.4. The summed E-state index contributed by atoms with van der Waals surface area (Å²) in [5.74, 6) is -1.55. The number of benzene rings is 3. The van der Waals surface area contributed by atoms with Crippen LogP contribution < -0.4 is 14.2 Å². The smallest absolute Gasteiger partial charge is 0.324 e. The van der Waals surface area contributed by atoms with E-state index in [1.807, 2.05) is 0 Å². The molecule has 1 aliphatic rings. The van der Waals surface area contributed by atoms with E-state index in [1.165, 1.54) is 24.3 Å². The topological polar surface area (TPSA) is 108 Å². The largest absolute Gasteiger partial charge is 0.456 e. The average molecular weight is 485 g/mol. The standard InChI is InChI=1S/C24H20FNO7S/c25-18-8-4-5-9-23(18)34(29,30)26-19(12-16-6-2-1-3-7-16)24(28)31-14-20(27)17-10-11-21-22(13-17)33-15-32-21/h1-11,13,19,26H,12,14-15H2/t19-/m0/s1. The molecule has 1 aliphatic heterocycles. The summed E-state index contributed by atoms with van der Waals surface area (Å²) in [6, 6.07) is 16.6. The van der Waals surface area contributed by atoms with Crippen LogP contribution in [-0.4, -0.2) is 39.6 Å². The zero-order chi connectivity index (χ0) is 24.1. The molecule has 0 saturated carbocycles. The number of nitrogens with one attached hydrogen (secondary N) is 1. The predicted molar refractivity (Wildman–Crippen MR) is 119 cm³/mol. The summed E-state index contributed by atoms with van der Waals surface area (Å²) in [4.78, 5) is 24.7. The van der Waals surface area contributed by atoms with E-state index in [0.717, 1.165) is 12.1 Å². The summed E-state index contributed by atoms with van der Waals surface area (Å²) in [6.07, 6.45) is -0.0639. The zero-order valence-electron chi connectivity index (χ0n) is 17.8. The molecule has 0 amide bonds. The van der Waals surface area contributed by atoms with Gasteiger partial charge in [-0.25, -0.2) is 12.8 Å². The molecule has 0 fully saturated rings. The molecule has 1 N–H and O–H groups in total. The van der Waals surface area contributed by atoms with Gasteiger partial charge in [0.15, 0.2) is 23.9 Å². The van der Waals surface area contributed by atoms with Crippen LogP contribution in [-0.2, 0) is 26.0 Å². The Bertz CT molecular complexity index is 1310. The van der Waals surface area contributed by atoms with Gasteiger partial charge < -0.3 is 14.2 Å². The second-order valence-electron chi connectivity index (χ2n) is 7.39. The monoisotopic (exact) mass is 485 g/mol. The van der Waals surface area contributed by atoms with Crippen molar-refractivity contribution in [2.45, 2.75) is 17.4 Å². The number of fused-ring (bicyclic) bond motifs is 1. The fourth-order valence-electron chi connectivity index (χ4n) is 3.33. The molecule has 0 saturated heterocycles. The number of ketones is 1. The number of carbonyl (C=O) groups excluding carboxylic acids is 2. The Labute approximate surface area is 195 Å². The molecule has 3 aromatic rings. The number of ether oxygens (including phenoxy) is 3. The van der Waals surface area contributed by atoms with Crippen LogP contribution in [0.1, 0.15) is 15.9 Å². The Balaban J connectivity index is 1.49. The van der Waals surface area contributed by atoms with Crippen molar-refractivity contribution in [3.8, 4) is 11.5 Å². The summed E-state index contributed by atoms with van der Waals surface area (Å²) in [6.45, 7) is -0.573. The second kappa shape index (κ2) is 10.0. The SMILES string of the molecule is O=C(COC(=O)[C@H](Cc1ccccc1)NS(=O)(=O)c1ccccc1F)c1ccc2c(c1)OCO2. The van der Waals surface area contributed by atoms with Gasteiger partial charge in [-0.2, -0.15) is 4.72 Å². The van der Waals surface area contributed by atoms with Crippen LogP contribution in [0, 0.1) is 5.82 Å². The van der Waals surface area contributed by atoms with Crippen molar-refractivity contribution in [3.05, 3.63) is 89.7 Å². The molecule has 8 nitrogen and oxygen atoms in total. The van der Waals surface area contributed by atoms with Gasteiger partial charge in [-0.15, -0.1) is 0 Å². The van der Waals surface area contributed by atoms with E-state index in [1.54, 1.807) is 36.4 Å². The number of rotatable bonds is 9. The molecule has 0 unspecified atom stereocenters. The molecular formula is C24H20FNO7S. The first-order valence-electron chi connectivity index (χ1n) is 10.2. The van der Waals surface area contributed by atoms with E-state index in [9.17, 15) is 22.4 Å². The maximum Gasteiger partial charge on any atom is 0.324 e. The minimum absolute atomic E-state index is 0.0469. The number of esters is 1. The first-order chi connectivity index (χ1) is 16.3. The van der Waals surface area contributed by atoms with Gasteiger partial charge in [0.05, 0.1) is 0 Å². The molecule has 0 aliphatic carbocycles. The Morgan fingerprint density at radius 2 is 1.68 bits per heavy atom. The van der Waals surface area contributed by atoms with Crippen molar-refractivity contribution in [1.82, 2.24) is 4.72 Å². The van der Waals surface area contributed by atoms with Gasteiger partial charge in [0.25, 0.3) is 0 Å². The molecule has 4 rings (SSSR count). The van der Waals surface area contributed by atoms with Gasteiger partial charge in [-0.1, -0.05) is 42.5 Å². The third-order valence-corrected chi connectivity index (χ3v) is 6.54. The lowest BCUT2D eigenvalue weighted by Crippen LogP contribution is -2.44. The first-order valence-corrected chi connectivity index (χ1v) is 11.7. The number of hydrogen-bond donors (Lipinski definition) is 1. The average Bonchev–Trinajstić information content (AvgIpc) is 3.30. The number of Topliss-reactive ketones (excluding diaryl/α,β-unsaturated/α-hetero) is 1. The number of carbonyl (C=O) groups is 2. The minimum Gasteiger partial charge on any atom is -0.456 e. The first kappa shape index (κ1) is 23.4. The molecule has 176 valence electrons. The molecule has 1 atom stereocenters. The number of halogens is 1. The van der Waals surface area contributed by atoms with Crippen molar-refractivity contribution < 1.29 is 36.6 Å². The van der Waals surface area contributed by atoms with E-state index < -0.39 is 45.1 Å². The maximum atomic E-state index is 14.1. The number of hydrogen-bond acceptors (Lipinski definition) is 7. The Morgan fingerprint density at radius 3 is 2.44 bits per heavy atom. The Morgan fingerprint density at radius 1 is 0.971 bits per heavy atom. The van der Waals surface area contributed by atoms with Crippen molar-refractivity contribution >= 4 is 21.8 Å². The quantitative estimate of drug-likeness (QED) is 0.367. The van der Waals surface area contributed by atoms with Crippen LogP contribution >= 0.6 is 0 Å². The van der Waals surface area contributed by atoms with Gasteiger partial charge in [-0.3, -0.25) is 9.59 Å². The van der Waals surface area contributed by atoms with Gasteiger partial charge in [0.2, 0.25) is 16.8 Å². The highest BCUT2D eigenvalue weighted by atomic mass is 32.2. The fraction of sp³-hybridized carbons (Fsp3) is 0.167. The highest BCUT2D eigenvalue weighted by Gasteiger charge is 2.29. The molecule has 0 bridgehead atoms. The molecule has 34 heavy (non-hydrogen) atoms. The van der Waals surface area contributed by atoms with Gasteiger partial charge in [0.1, 0.15) is 16.8 Å². The molecule has 0 radical (unpaired) electrons. The van der Waals surface area contributed by atoms with E-state index in [4.69, 9.17) is 14.2 Å². The Kier molecular flexibility index (Phi) is 6.90. The van der Waals surface area contributed by atoms with Crippen LogP contribution in [0.5, 0.6) is 11.5 Å². The summed E-state index contributed by atoms with van der Waals surface area (Å²) in [7, 11) is -4.39. The molecule has 10 heteroatoms. The van der Waals surface area contributed by atoms with E-state index >= 15 is 0 Å². The predicted octanol–water partition coefficient (Wildman–Crippen LogP) is 2.87. The van der Waals surface area contributed by atoms with E-state index in [-0.39, 0.29) is 18.8 Å². The minimum atomic E-state index is -4.39. The molecule has 3 aromatic carbocycles. The van der Waals surface area contributed by atoms with Crippen LogP contribution in [0.3, 0.4) is 0 Å². The molecule has 0 aromatic heterocycles. The Hall–Kier alpha value is -3.76. The fourth-order valence-corrected chi connectivity index (χ4v) is 4.59. The molecular weight excluding hydrogens is 465 g/mol. The van der Waals surface area contributed by atoms with Crippen LogP contribution in [0.15, 0.2) is 77.7 Å².